The molecule has 2 nitrogen and oxygen atoms in total. The van der Waals surface area contributed by atoms with Crippen molar-refractivity contribution in [2.24, 2.45) is 5.92 Å². The maximum atomic E-state index is 6.12. The van der Waals surface area contributed by atoms with E-state index in [1.165, 1.54) is 0 Å². The van der Waals surface area contributed by atoms with Gasteiger partial charge in [0.1, 0.15) is 11.9 Å². The summed E-state index contributed by atoms with van der Waals surface area (Å²) in [7, 11) is 0. The van der Waals surface area contributed by atoms with E-state index in [0.29, 0.717) is 5.92 Å². The van der Waals surface area contributed by atoms with Crippen molar-refractivity contribution in [2.75, 3.05) is 13.1 Å². The van der Waals surface area contributed by atoms with E-state index in [-0.39, 0.29) is 6.10 Å². The molecule has 0 amide bonds. The molecule has 0 saturated carbocycles. The van der Waals surface area contributed by atoms with Crippen LogP contribution in [0.15, 0.2) is 18.2 Å². The van der Waals surface area contributed by atoms with Crippen LogP contribution in [0.3, 0.4) is 0 Å². The standard InChI is InChI=1S/C16H26ClNO/c1-5-13-9-15(7-8-16(13)17)19-14(6-2)11-18-10-12(3)4/h7-9,12,14,18H,5-6,10-11H2,1-4H3. The summed E-state index contributed by atoms with van der Waals surface area (Å²) in [6.07, 6.45) is 2.14. The quantitative estimate of drug-likeness (QED) is 0.768. The van der Waals surface area contributed by atoms with Crippen LogP contribution in [-0.2, 0) is 6.42 Å². The molecule has 0 aromatic heterocycles. The lowest BCUT2D eigenvalue weighted by molar-refractivity contribution is 0.192. The minimum atomic E-state index is 0.213. The van der Waals surface area contributed by atoms with Crippen molar-refractivity contribution >= 4 is 11.6 Å². The molecular formula is C16H26ClNO. The largest absolute Gasteiger partial charge is 0.489 e. The summed E-state index contributed by atoms with van der Waals surface area (Å²) >= 11 is 6.12. The summed E-state index contributed by atoms with van der Waals surface area (Å²) in [5.74, 6) is 1.58. The third-order valence-corrected chi connectivity index (χ3v) is 3.45. The van der Waals surface area contributed by atoms with Crippen molar-refractivity contribution in [3.05, 3.63) is 28.8 Å². The van der Waals surface area contributed by atoms with Crippen molar-refractivity contribution in [3.8, 4) is 5.75 Å². The lowest BCUT2D eigenvalue weighted by Gasteiger charge is -2.19. The minimum Gasteiger partial charge on any atom is -0.489 e. The van der Waals surface area contributed by atoms with Gasteiger partial charge in [0.2, 0.25) is 0 Å². The highest BCUT2D eigenvalue weighted by Gasteiger charge is 2.09. The van der Waals surface area contributed by atoms with Crippen LogP contribution in [0.25, 0.3) is 0 Å². The van der Waals surface area contributed by atoms with Crippen LogP contribution in [0.5, 0.6) is 5.75 Å². The molecule has 0 saturated heterocycles. The van der Waals surface area contributed by atoms with Gasteiger partial charge < -0.3 is 10.1 Å². The molecule has 0 bridgehead atoms. The van der Waals surface area contributed by atoms with Gasteiger partial charge in [-0.05, 0) is 49.1 Å². The highest BCUT2D eigenvalue weighted by molar-refractivity contribution is 6.31. The molecule has 1 aromatic carbocycles. The van der Waals surface area contributed by atoms with Gasteiger partial charge in [-0.25, -0.2) is 0 Å². The maximum absolute atomic E-state index is 6.12. The summed E-state index contributed by atoms with van der Waals surface area (Å²) in [6.45, 7) is 10.6. The topological polar surface area (TPSA) is 21.3 Å². The van der Waals surface area contributed by atoms with Gasteiger partial charge in [-0.1, -0.05) is 39.3 Å². The first-order chi connectivity index (χ1) is 9.06. The molecule has 3 heteroatoms. The van der Waals surface area contributed by atoms with E-state index in [4.69, 9.17) is 16.3 Å². The first-order valence-corrected chi connectivity index (χ1v) is 7.60. The van der Waals surface area contributed by atoms with Crippen molar-refractivity contribution in [1.82, 2.24) is 5.32 Å². The van der Waals surface area contributed by atoms with Crippen LogP contribution in [0.4, 0.5) is 0 Å². The average Bonchev–Trinajstić information content (AvgIpc) is 2.39. The number of nitrogens with one attached hydrogen (secondary N) is 1. The van der Waals surface area contributed by atoms with E-state index in [0.717, 1.165) is 42.3 Å². The van der Waals surface area contributed by atoms with Crippen LogP contribution < -0.4 is 10.1 Å². The van der Waals surface area contributed by atoms with Gasteiger partial charge in [0.15, 0.2) is 0 Å². The van der Waals surface area contributed by atoms with Crippen molar-refractivity contribution in [3.63, 3.8) is 0 Å². The molecule has 0 aliphatic carbocycles. The Morgan fingerprint density at radius 2 is 1.95 bits per heavy atom. The molecule has 0 aliphatic heterocycles. The fourth-order valence-corrected chi connectivity index (χ4v) is 2.14. The van der Waals surface area contributed by atoms with Gasteiger partial charge in [-0.15, -0.1) is 0 Å². The highest BCUT2D eigenvalue weighted by atomic mass is 35.5. The molecule has 0 heterocycles. The van der Waals surface area contributed by atoms with Gasteiger partial charge in [0, 0.05) is 11.6 Å². The normalized spacial score (nSPS) is 12.7. The predicted molar refractivity (Wildman–Crippen MR) is 83.2 cm³/mol. The second kappa shape index (κ2) is 8.44. The smallest absolute Gasteiger partial charge is 0.120 e. The Bertz CT molecular complexity index is 379. The summed E-state index contributed by atoms with van der Waals surface area (Å²) in [6, 6.07) is 5.92. The molecule has 0 spiro atoms. The van der Waals surface area contributed by atoms with E-state index in [1.807, 2.05) is 18.2 Å². The molecule has 19 heavy (non-hydrogen) atoms. The van der Waals surface area contributed by atoms with Crippen LogP contribution >= 0.6 is 11.6 Å². The lowest BCUT2D eigenvalue weighted by atomic mass is 10.1. The number of benzene rings is 1. The molecule has 1 N–H and O–H groups in total. The molecular weight excluding hydrogens is 258 g/mol. The Kier molecular flexibility index (Phi) is 7.25. The monoisotopic (exact) mass is 283 g/mol. The fourth-order valence-electron chi connectivity index (χ4n) is 1.89. The highest BCUT2D eigenvalue weighted by Crippen LogP contribution is 2.23. The van der Waals surface area contributed by atoms with Crippen LogP contribution in [0, 0.1) is 5.92 Å². The van der Waals surface area contributed by atoms with Gasteiger partial charge in [-0.3, -0.25) is 0 Å². The van der Waals surface area contributed by atoms with E-state index in [1.54, 1.807) is 0 Å². The Hall–Kier alpha value is -0.730. The molecule has 1 aromatic rings. The van der Waals surface area contributed by atoms with Gasteiger partial charge in [-0.2, -0.15) is 0 Å². The zero-order valence-electron chi connectivity index (χ0n) is 12.5. The second-order valence-corrected chi connectivity index (χ2v) is 5.71. The van der Waals surface area contributed by atoms with Crippen LogP contribution in [-0.4, -0.2) is 19.2 Å². The third kappa shape index (κ3) is 5.84. The summed E-state index contributed by atoms with van der Waals surface area (Å²) in [5, 5.41) is 4.27. The SMILES string of the molecule is CCc1cc(OC(CC)CNCC(C)C)ccc1Cl. The predicted octanol–water partition coefficient (Wildman–Crippen LogP) is 4.31. The summed E-state index contributed by atoms with van der Waals surface area (Å²) in [5.41, 5.74) is 1.14. The van der Waals surface area contributed by atoms with Crippen LogP contribution in [0.2, 0.25) is 5.02 Å². The first-order valence-electron chi connectivity index (χ1n) is 7.22. The van der Waals surface area contributed by atoms with E-state index < -0.39 is 0 Å². The Morgan fingerprint density at radius 3 is 2.53 bits per heavy atom. The number of rotatable bonds is 8. The molecule has 1 atom stereocenters. The number of aryl methyl sites for hydroxylation is 1. The van der Waals surface area contributed by atoms with Gasteiger partial charge >= 0.3 is 0 Å². The summed E-state index contributed by atoms with van der Waals surface area (Å²) < 4.78 is 6.02. The first kappa shape index (κ1) is 16.3. The second-order valence-electron chi connectivity index (χ2n) is 5.31. The van der Waals surface area contributed by atoms with E-state index >= 15 is 0 Å². The zero-order valence-corrected chi connectivity index (χ0v) is 13.3. The lowest BCUT2D eigenvalue weighted by Crippen LogP contribution is -2.33. The Labute approximate surface area is 122 Å². The molecule has 0 fully saturated rings. The molecule has 108 valence electrons. The number of hydrogen-bond acceptors (Lipinski definition) is 2. The third-order valence-electron chi connectivity index (χ3n) is 3.08. The van der Waals surface area contributed by atoms with Crippen LogP contribution in [0.1, 0.15) is 39.7 Å². The van der Waals surface area contributed by atoms with Crippen molar-refractivity contribution in [2.45, 2.75) is 46.6 Å². The molecule has 1 unspecified atom stereocenters. The van der Waals surface area contributed by atoms with Crippen molar-refractivity contribution in [1.29, 1.82) is 0 Å². The van der Waals surface area contributed by atoms with Gasteiger partial charge in [0.05, 0.1) is 0 Å². The maximum Gasteiger partial charge on any atom is 0.120 e. The van der Waals surface area contributed by atoms with E-state index in [2.05, 4.69) is 33.0 Å². The Balaban J connectivity index is 2.55. The minimum absolute atomic E-state index is 0.213. The summed E-state index contributed by atoms with van der Waals surface area (Å²) in [4.78, 5) is 0. The molecule has 0 aliphatic rings. The average molecular weight is 284 g/mol. The molecule has 0 radical (unpaired) electrons. The number of halogens is 1. The zero-order chi connectivity index (χ0) is 14.3. The van der Waals surface area contributed by atoms with Gasteiger partial charge in [0.25, 0.3) is 0 Å². The van der Waals surface area contributed by atoms with Crippen molar-refractivity contribution < 1.29 is 4.74 Å². The number of ether oxygens (including phenoxy) is 1. The fraction of sp³-hybridized carbons (Fsp3) is 0.625. The van der Waals surface area contributed by atoms with E-state index in [9.17, 15) is 0 Å². The number of hydrogen-bond donors (Lipinski definition) is 1. The molecule has 1 rings (SSSR count). The Morgan fingerprint density at radius 1 is 1.21 bits per heavy atom.